The highest BCUT2D eigenvalue weighted by atomic mass is 16.5. The first-order valence-corrected chi connectivity index (χ1v) is 9.93. The molecule has 0 saturated carbocycles. The van der Waals surface area contributed by atoms with Crippen LogP contribution in [0.15, 0.2) is 24.3 Å². The van der Waals surface area contributed by atoms with Crippen molar-refractivity contribution in [2.24, 2.45) is 5.92 Å². The Morgan fingerprint density at radius 1 is 1.20 bits per heavy atom. The zero-order valence-electron chi connectivity index (χ0n) is 17.0. The maximum absolute atomic E-state index is 5.96. The molecule has 1 aromatic carbocycles. The number of hydrogen-bond acceptors (Lipinski definition) is 3. The molecule has 1 aliphatic heterocycles. The molecule has 3 nitrogen and oxygen atoms in total. The van der Waals surface area contributed by atoms with Gasteiger partial charge in [0.15, 0.2) is 0 Å². The van der Waals surface area contributed by atoms with Gasteiger partial charge >= 0.3 is 0 Å². The zero-order valence-corrected chi connectivity index (χ0v) is 17.0. The van der Waals surface area contributed by atoms with Crippen LogP contribution in [0.4, 0.5) is 0 Å². The predicted molar refractivity (Wildman–Crippen MR) is 107 cm³/mol. The van der Waals surface area contributed by atoms with Gasteiger partial charge in [-0.1, -0.05) is 29.8 Å². The van der Waals surface area contributed by atoms with E-state index in [4.69, 9.17) is 4.74 Å². The number of benzene rings is 1. The largest absolute Gasteiger partial charge is 0.376 e. The fraction of sp³-hybridized carbons (Fsp3) is 0.727. The van der Waals surface area contributed by atoms with Crippen LogP contribution < -0.4 is 5.32 Å². The fourth-order valence-corrected chi connectivity index (χ4v) is 4.01. The molecule has 1 saturated heterocycles. The normalized spacial score (nSPS) is 21.4. The molecule has 3 heteroatoms. The van der Waals surface area contributed by atoms with Crippen LogP contribution in [0.5, 0.6) is 0 Å². The van der Waals surface area contributed by atoms with Crippen molar-refractivity contribution < 1.29 is 4.74 Å². The second-order valence-corrected chi connectivity index (χ2v) is 8.57. The van der Waals surface area contributed by atoms with Crippen LogP contribution in [0.25, 0.3) is 0 Å². The van der Waals surface area contributed by atoms with Gasteiger partial charge in [-0.3, -0.25) is 0 Å². The van der Waals surface area contributed by atoms with Crippen LogP contribution >= 0.6 is 0 Å². The van der Waals surface area contributed by atoms with Gasteiger partial charge in [0.25, 0.3) is 0 Å². The standard InChI is InChI=1S/C22H38N2O/c1-18-7-9-19(10-8-18)21(11-14-23-13-6-15-24(4)5)20-12-16-25-22(2,3)17-20/h7-10,20-21,23H,6,11-17H2,1-5H3/t20-,21-/m0/s1. The summed E-state index contributed by atoms with van der Waals surface area (Å²) < 4.78 is 5.96. The number of nitrogens with one attached hydrogen (secondary N) is 1. The topological polar surface area (TPSA) is 24.5 Å². The Bertz CT molecular complexity index is 495. The van der Waals surface area contributed by atoms with Gasteiger partial charge in [-0.25, -0.2) is 0 Å². The summed E-state index contributed by atoms with van der Waals surface area (Å²) in [7, 11) is 4.28. The lowest BCUT2D eigenvalue weighted by molar-refractivity contribution is -0.0771. The van der Waals surface area contributed by atoms with Gasteiger partial charge in [-0.15, -0.1) is 0 Å². The first-order valence-electron chi connectivity index (χ1n) is 9.93. The van der Waals surface area contributed by atoms with E-state index in [1.165, 1.54) is 30.4 Å². The van der Waals surface area contributed by atoms with E-state index in [2.05, 4.69) is 69.3 Å². The van der Waals surface area contributed by atoms with E-state index in [1.54, 1.807) is 0 Å². The first kappa shape index (κ1) is 20.4. The minimum absolute atomic E-state index is 0.0189. The fourth-order valence-electron chi connectivity index (χ4n) is 4.01. The third kappa shape index (κ3) is 7.08. The van der Waals surface area contributed by atoms with Crippen LogP contribution in [-0.4, -0.2) is 50.8 Å². The molecule has 1 aliphatic rings. The van der Waals surface area contributed by atoms with Gasteiger partial charge in [0, 0.05) is 6.61 Å². The maximum Gasteiger partial charge on any atom is 0.0629 e. The van der Waals surface area contributed by atoms with Crippen molar-refractivity contribution in [3.63, 3.8) is 0 Å². The van der Waals surface area contributed by atoms with Crippen molar-refractivity contribution in [3.05, 3.63) is 35.4 Å². The number of hydrogen-bond donors (Lipinski definition) is 1. The van der Waals surface area contributed by atoms with E-state index in [0.29, 0.717) is 5.92 Å². The van der Waals surface area contributed by atoms with Crippen LogP contribution in [0.1, 0.15) is 56.6 Å². The van der Waals surface area contributed by atoms with E-state index >= 15 is 0 Å². The molecule has 25 heavy (non-hydrogen) atoms. The highest BCUT2D eigenvalue weighted by molar-refractivity contribution is 5.25. The van der Waals surface area contributed by atoms with Gasteiger partial charge in [-0.2, -0.15) is 0 Å². The number of ether oxygens (including phenoxy) is 1. The SMILES string of the molecule is Cc1ccc([C@H](CCNCCCN(C)C)[C@H]2CCOC(C)(C)C2)cc1. The van der Waals surface area contributed by atoms with Crippen LogP contribution in [-0.2, 0) is 4.74 Å². The van der Waals surface area contributed by atoms with Crippen molar-refractivity contribution in [2.45, 2.75) is 58.0 Å². The van der Waals surface area contributed by atoms with E-state index < -0.39 is 0 Å². The zero-order chi connectivity index (χ0) is 18.3. The van der Waals surface area contributed by atoms with E-state index in [-0.39, 0.29) is 5.60 Å². The lowest BCUT2D eigenvalue weighted by atomic mass is 9.75. The monoisotopic (exact) mass is 346 g/mol. The van der Waals surface area contributed by atoms with Crippen molar-refractivity contribution in [2.75, 3.05) is 40.3 Å². The van der Waals surface area contributed by atoms with Crippen molar-refractivity contribution in [1.29, 1.82) is 0 Å². The molecule has 0 aliphatic carbocycles. The third-order valence-electron chi connectivity index (χ3n) is 5.40. The Morgan fingerprint density at radius 2 is 1.92 bits per heavy atom. The minimum atomic E-state index is 0.0189. The van der Waals surface area contributed by atoms with Crippen LogP contribution in [0.3, 0.4) is 0 Å². The molecular weight excluding hydrogens is 308 g/mol. The van der Waals surface area contributed by atoms with E-state index in [0.717, 1.165) is 38.6 Å². The summed E-state index contributed by atoms with van der Waals surface area (Å²) in [4.78, 5) is 2.25. The molecule has 0 radical (unpaired) electrons. The van der Waals surface area contributed by atoms with Crippen LogP contribution in [0.2, 0.25) is 0 Å². The molecule has 142 valence electrons. The summed E-state index contributed by atoms with van der Waals surface area (Å²) in [5, 5.41) is 3.65. The van der Waals surface area contributed by atoms with Gasteiger partial charge < -0.3 is 15.0 Å². The third-order valence-corrected chi connectivity index (χ3v) is 5.40. The van der Waals surface area contributed by atoms with E-state index in [1.807, 2.05) is 0 Å². The highest BCUT2D eigenvalue weighted by Crippen LogP contribution is 2.39. The quantitative estimate of drug-likeness (QED) is 0.678. The molecule has 1 N–H and O–H groups in total. The molecule has 1 aromatic rings. The Labute approximate surface area is 155 Å². The Hall–Kier alpha value is -0.900. The molecule has 1 heterocycles. The average molecular weight is 347 g/mol. The maximum atomic E-state index is 5.96. The second-order valence-electron chi connectivity index (χ2n) is 8.57. The molecule has 0 spiro atoms. The number of rotatable bonds is 9. The van der Waals surface area contributed by atoms with Gasteiger partial charge in [-0.05, 0) is 97.6 Å². The average Bonchev–Trinajstić information content (AvgIpc) is 2.54. The summed E-state index contributed by atoms with van der Waals surface area (Å²) >= 11 is 0. The predicted octanol–water partition coefficient (Wildman–Crippen LogP) is 4.22. The molecule has 0 amide bonds. The summed E-state index contributed by atoms with van der Waals surface area (Å²) in [5.74, 6) is 1.35. The number of aryl methyl sites for hydroxylation is 1. The van der Waals surface area contributed by atoms with Gasteiger partial charge in [0.05, 0.1) is 5.60 Å². The molecule has 0 bridgehead atoms. The molecule has 1 fully saturated rings. The molecule has 0 unspecified atom stereocenters. The Balaban J connectivity index is 1.94. The highest BCUT2D eigenvalue weighted by Gasteiger charge is 2.33. The van der Waals surface area contributed by atoms with Crippen LogP contribution in [0, 0.1) is 12.8 Å². The van der Waals surface area contributed by atoms with Crippen molar-refractivity contribution in [3.8, 4) is 0 Å². The molecule has 0 aromatic heterocycles. The van der Waals surface area contributed by atoms with Gasteiger partial charge in [0.1, 0.15) is 0 Å². The Morgan fingerprint density at radius 3 is 2.56 bits per heavy atom. The summed E-state index contributed by atoms with van der Waals surface area (Å²) in [6.07, 6.45) is 4.77. The van der Waals surface area contributed by atoms with Crippen molar-refractivity contribution >= 4 is 0 Å². The lowest BCUT2D eigenvalue weighted by Gasteiger charge is -2.39. The lowest BCUT2D eigenvalue weighted by Crippen LogP contribution is -2.37. The van der Waals surface area contributed by atoms with E-state index in [9.17, 15) is 0 Å². The first-order chi connectivity index (χ1) is 11.9. The summed E-state index contributed by atoms with van der Waals surface area (Å²) in [5.41, 5.74) is 2.87. The Kier molecular flexibility index (Phi) is 7.92. The minimum Gasteiger partial charge on any atom is -0.376 e. The summed E-state index contributed by atoms with van der Waals surface area (Å²) in [6, 6.07) is 9.21. The molecule has 2 atom stereocenters. The molecule has 2 rings (SSSR count). The number of nitrogens with zero attached hydrogens (tertiary/aromatic N) is 1. The summed E-state index contributed by atoms with van der Waals surface area (Å²) in [6.45, 7) is 10.9. The van der Waals surface area contributed by atoms with Gasteiger partial charge in [0.2, 0.25) is 0 Å². The smallest absolute Gasteiger partial charge is 0.0629 e. The molecular formula is C22H38N2O. The second kappa shape index (κ2) is 9.70. The van der Waals surface area contributed by atoms with Crippen molar-refractivity contribution in [1.82, 2.24) is 10.2 Å².